The monoisotopic (exact) mass is 337 g/mol. The summed E-state index contributed by atoms with van der Waals surface area (Å²) in [5.74, 6) is 3.33. The van der Waals surface area contributed by atoms with E-state index in [1.807, 2.05) is 0 Å². The van der Waals surface area contributed by atoms with Crippen LogP contribution in [-0.2, 0) is 0 Å². The molecule has 1 radical (unpaired) electrons. The molecule has 0 aliphatic carbocycles. The van der Waals surface area contributed by atoms with Crippen molar-refractivity contribution in [2.75, 3.05) is 0 Å². The molecule has 0 nitrogen and oxygen atoms in total. The van der Waals surface area contributed by atoms with Crippen LogP contribution in [0, 0.1) is 17.8 Å². The maximum atomic E-state index is 2.36. The minimum atomic E-state index is 0.775. The third kappa shape index (κ3) is 15.5. The van der Waals surface area contributed by atoms with Gasteiger partial charge in [0.25, 0.3) is 0 Å². The Morgan fingerprint density at radius 1 is 0.458 bits per heavy atom. The predicted octanol–water partition coefficient (Wildman–Crippen LogP) is 9.13. The highest BCUT2D eigenvalue weighted by Crippen LogP contribution is 2.28. The summed E-state index contributed by atoms with van der Waals surface area (Å²) in [5, 5.41) is 0. The van der Waals surface area contributed by atoms with Crippen LogP contribution in [0.25, 0.3) is 0 Å². The van der Waals surface area contributed by atoms with E-state index in [1.54, 1.807) is 5.92 Å². The van der Waals surface area contributed by atoms with Crippen LogP contribution in [0.4, 0.5) is 0 Å². The summed E-state index contributed by atoms with van der Waals surface area (Å²) in [7, 11) is 0. The maximum Gasteiger partial charge on any atom is -0.0190 e. The van der Waals surface area contributed by atoms with Gasteiger partial charge in [0.15, 0.2) is 0 Å². The summed E-state index contributed by atoms with van der Waals surface area (Å²) in [6, 6.07) is 0. The second-order valence-corrected chi connectivity index (χ2v) is 8.58. The van der Waals surface area contributed by atoms with Gasteiger partial charge in [-0.2, -0.15) is 0 Å². The Morgan fingerprint density at radius 2 is 0.750 bits per heavy atom. The molecule has 0 unspecified atom stereocenters. The lowest BCUT2D eigenvalue weighted by Gasteiger charge is -2.24. The molecule has 0 saturated heterocycles. The molecule has 0 fully saturated rings. The molecule has 145 valence electrons. The van der Waals surface area contributed by atoms with Gasteiger partial charge in [-0.25, -0.2) is 0 Å². The average molecular weight is 338 g/mol. The molecule has 0 aromatic heterocycles. The quantitative estimate of drug-likeness (QED) is 0.219. The fourth-order valence-corrected chi connectivity index (χ4v) is 3.94. The predicted molar refractivity (Wildman–Crippen MR) is 112 cm³/mol. The van der Waals surface area contributed by atoms with Crippen molar-refractivity contribution in [1.29, 1.82) is 0 Å². The molecule has 0 aliphatic heterocycles. The van der Waals surface area contributed by atoms with E-state index in [4.69, 9.17) is 0 Å². The first-order chi connectivity index (χ1) is 11.6. The van der Waals surface area contributed by atoms with Crippen molar-refractivity contribution in [3.8, 4) is 0 Å². The molecular formula is C24H49. The van der Waals surface area contributed by atoms with E-state index in [0.29, 0.717) is 0 Å². The summed E-state index contributed by atoms with van der Waals surface area (Å²) in [4.78, 5) is 0. The van der Waals surface area contributed by atoms with Crippen LogP contribution in [0.3, 0.4) is 0 Å². The van der Waals surface area contributed by atoms with Crippen LogP contribution < -0.4 is 0 Å². The van der Waals surface area contributed by atoms with Crippen LogP contribution >= 0.6 is 0 Å². The van der Waals surface area contributed by atoms with Gasteiger partial charge in [0.05, 0.1) is 0 Å². The molecule has 0 N–H and O–H groups in total. The van der Waals surface area contributed by atoms with Crippen LogP contribution in [0.2, 0.25) is 0 Å². The first-order valence-electron chi connectivity index (χ1n) is 11.4. The van der Waals surface area contributed by atoms with Gasteiger partial charge in [-0.1, -0.05) is 131 Å². The standard InChI is InChI=1S/C24H49/c1-6-7-8-9-10-11-12-13-14-15-16-17-18-19-20-21-24(22(2)3)23(4)5/h22-23H,6-21H2,1-5H3. The average Bonchev–Trinajstić information content (AvgIpc) is 2.53. The van der Waals surface area contributed by atoms with Crippen molar-refractivity contribution in [2.24, 2.45) is 11.8 Å². The van der Waals surface area contributed by atoms with Crippen LogP contribution in [0.1, 0.15) is 137 Å². The molecule has 0 aromatic rings. The van der Waals surface area contributed by atoms with Crippen molar-refractivity contribution in [3.05, 3.63) is 5.92 Å². The van der Waals surface area contributed by atoms with Gasteiger partial charge in [-0.15, -0.1) is 0 Å². The minimum Gasteiger partial charge on any atom is -0.0654 e. The van der Waals surface area contributed by atoms with Gasteiger partial charge in [0.2, 0.25) is 0 Å². The van der Waals surface area contributed by atoms with Gasteiger partial charge in [-0.3, -0.25) is 0 Å². The van der Waals surface area contributed by atoms with Gasteiger partial charge in [0, 0.05) is 0 Å². The van der Waals surface area contributed by atoms with Crippen molar-refractivity contribution in [1.82, 2.24) is 0 Å². The summed E-state index contributed by atoms with van der Waals surface area (Å²) >= 11 is 0. The molecule has 0 bridgehead atoms. The zero-order valence-electron chi connectivity index (χ0n) is 18.0. The third-order valence-corrected chi connectivity index (χ3v) is 5.55. The molecule has 0 heteroatoms. The number of unbranched alkanes of at least 4 members (excludes halogenated alkanes) is 14. The van der Waals surface area contributed by atoms with Gasteiger partial charge in [-0.05, 0) is 24.2 Å². The van der Waals surface area contributed by atoms with E-state index < -0.39 is 0 Å². The zero-order valence-corrected chi connectivity index (χ0v) is 18.0. The van der Waals surface area contributed by atoms with Crippen molar-refractivity contribution in [3.63, 3.8) is 0 Å². The van der Waals surface area contributed by atoms with Crippen LogP contribution in [0.5, 0.6) is 0 Å². The number of hydrogen-bond donors (Lipinski definition) is 0. The van der Waals surface area contributed by atoms with Crippen LogP contribution in [0.15, 0.2) is 0 Å². The Kier molecular flexibility index (Phi) is 17.8. The molecule has 0 heterocycles. The van der Waals surface area contributed by atoms with E-state index in [0.717, 1.165) is 11.8 Å². The Hall–Kier alpha value is 0. The van der Waals surface area contributed by atoms with Gasteiger partial charge < -0.3 is 0 Å². The van der Waals surface area contributed by atoms with E-state index >= 15 is 0 Å². The second kappa shape index (κ2) is 17.8. The largest absolute Gasteiger partial charge is 0.0654 e. The highest BCUT2D eigenvalue weighted by atomic mass is 14.2. The van der Waals surface area contributed by atoms with Crippen molar-refractivity contribution in [2.45, 2.75) is 137 Å². The molecule has 0 atom stereocenters. The summed E-state index contributed by atoms with van der Waals surface area (Å²) in [6.45, 7) is 11.7. The Morgan fingerprint density at radius 3 is 1.04 bits per heavy atom. The van der Waals surface area contributed by atoms with E-state index in [1.165, 1.54) is 103 Å². The first-order valence-corrected chi connectivity index (χ1v) is 11.4. The topological polar surface area (TPSA) is 0 Å². The number of rotatable bonds is 18. The Bertz CT molecular complexity index is 220. The highest BCUT2D eigenvalue weighted by molar-refractivity contribution is 4.95. The molecule has 0 spiro atoms. The normalized spacial score (nSPS) is 12.0. The molecule has 0 aliphatic rings. The van der Waals surface area contributed by atoms with Crippen molar-refractivity contribution < 1.29 is 0 Å². The Balaban J connectivity index is 3.20. The summed E-state index contributed by atoms with van der Waals surface area (Å²) < 4.78 is 0. The molecular weight excluding hydrogens is 288 g/mol. The van der Waals surface area contributed by atoms with Crippen LogP contribution in [-0.4, -0.2) is 0 Å². The molecule has 0 rings (SSSR count). The Labute approximate surface area is 155 Å². The fourth-order valence-electron chi connectivity index (χ4n) is 3.94. The minimum absolute atomic E-state index is 0.775. The maximum absolute atomic E-state index is 2.36. The number of hydrogen-bond acceptors (Lipinski definition) is 0. The molecule has 0 saturated carbocycles. The summed E-state index contributed by atoms with van der Waals surface area (Å²) in [5.41, 5.74) is 0. The molecule has 0 aromatic carbocycles. The second-order valence-electron chi connectivity index (χ2n) is 8.58. The SMILES string of the molecule is CCCCCCCCCCCCCCCCC[C](C(C)C)C(C)C. The van der Waals surface area contributed by atoms with Gasteiger partial charge in [0.1, 0.15) is 0 Å². The van der Waals surface area contributed by atoms with E-state index in [2.05, 4.69) is 34.6 Å². The van der Waals surface area contributed by atoms with E-state index in [9.17, 15) is 0 Å². The molecule has 24 heavy (non-hydrogen) atoms. The first kappa shape index (κ1) is 24.0. The fraction of sp³-hybridized carbons (Fsp3) is 0.958. The lowest BCUT2D eigenvalue weighted by Crippen LogP contribution is -2.12. The highest BCUT2D eigenvalue weighted by Gasteiger charge is 2.17. The third-order valence-electron chi connectivity index (χ3n) is 5.55. The lowest BCUT2D eigenvalue weighted by molar-refractivity contribution is 0.454. The van der Waals surface area contributed by atoms with Gasteiger partial charge >= 0.3 is 0 Å². The summed E-state index contributed by atoms with van der Waals surface area (Å²) in [6.07, 6.45) is 23.3. The molecule has 0 amide bonds. The zero-order chi connectivity index (χ0) is 18.0. The van der Waals surface area contributed by atoms with Crippen molar-refractivity contribution >= 4 is 0 Å². The smallest absolute Gasteiger partial charge is 0.0190 e. The lowest BCUT2D eigenvalue weighted by atomic mass is 9.81. The van der Waals surface area contributed by atoms with E-state index in [-0.39, 0.29) is 0 Å².